The first kappa shape index (κ1) is 23.3. The molecule has 0 saturated heterocycles. The molecule has 1 aromatic heterocycles. The third-order valence-corrected chi connectivity index (χ3v) is 5.62. The summed E-state index contributed by atoms with van der Waals surface area (Å²) in [6, 6.07) is 14.3. The number of hydrogen-bond acceptors (Lipinski definition) is 7. The number of nitrogens with zero attached hydrogens (tertiary/aromatic N) is 1. The Bertz CT molecular complexity index is 1180. The fourth-order valence-corrected chi connectivity index (χ4v) is 3.84. The fourth-order valence-electron chi connectivity index (χ4n) is 3.05. The molecular weight excluding hydrogens is 468 g/mol. The van der Waals surface area contributed by atoms with Gasteiger partial charge in [-0.2, -0.15) is 8.78 Å². The summed E-state index contributed by atoms with van der Waals surface area (Å²) in [7, 11) is 0. The van der Waals surface area contributed by atoms with Crippen molar-refractivity contribution in [2.75, 3.05) is 17.9 Å². The number of nitrogens with one attached hydrogen (secondary N) is 2. The van der Waals surface area contributed by atoms with E-state index in [-0.39, 0.29) is 36.7 Å². The number of anilines is 1. The van der Waals surface area contributed by atoms with Gasteiger partial charge in [-0.25, -0.2) is 4.98 Å². The minimum atomic E-state index is -2.90. The van der Waals surface area contributed by atoms with E-state index in [9.17, 15) is 18.4 Å². The molecule has 2 aromatic carbocycles. The summed E-state index contributed by atoms with van der Waals surface area (Å²) >= 11 is 1.13. The molecule has 0 unspecified atom stereocenters. The van der Waals surface area contributed by atoms with Gasteiger partial charge in [0, 0.05) is 24.5 Å². The SMILES string of the molecule is O=C(CSc1ncccc1C(=O)NCc1ccc(OC(F)F)cc1)Nc1ccc2c(c1)OCO2. The molecule has 8 nitrogen and oxygen atoms in total. The topological polar surface area (TPSA) is 98.8 Å². The van der Waals surface area contributed by atoms with Gasteiger partial charge < -0.3 is 24.8 Å². The Labute approximate surface area is 197 Å². The number of benzene rings is 2. The summed E-state index contributed by atoms with van der Waals surface area (Å²) in [6.45, 7) is -2.57. The summed E-state index contributed by atoms with van der Waals surface area (Å²) in [5, 5.41) is 5.94. The van der Waals surface area contributed by atoms with Crippen molar-refractivity contribution in [1.82, 2.24) is 10.3 Å². The van der Waals surface area contributed by atoms with Crippen LogP contribution in [0.5, 0.6) is 17.2 Å². The van der Waals surface area contributed by atoms with Crippen molar-refractivity contribution in [2.24, 2.45) is 0 Å². The van der Waals surface area contributed by atoms with E-state index in [1.54, 1.807) is 42.5 Å². The van der Waals surface area contributed by atoms with Crippen LogP contribution >= 0.6 is 11.8 Å². The van der Waals surface area contributed by atoms with E-state index in [1.165, 1.54) is 18.3 Å². The molecule has 2 heterocycles. The van der Waals surface area contributed by atoms with E-state index in [0.29, 0.717) is 33.3 Å². The quantitative estimate of drug-likeness (QED) is 0.439. The first-order valence-electron chi connectivity index (χ1n) is 10.1. The first-order valence-corrected chi connectivity index (χ1v) is 11.1. The maximum Gasteiger partial charge on any atom is 0.387 e. The summed E-state index contributed by atoms with van der Waals surface area (Å²) in [4.78, 5) is 29.3. The van der Waals surface area contributed by atoms with E-state index in [1.807, 2.05) is 0 Å². The zero-order valence-electron chi connectivity index (χ0n) is 17.6. The second-order valence-corrected chi connectivity index (χ2v) is 7.93. The lowest BCUT2D eigenvalue weighted by atomic mass is 10.2. The van der Waals surface area contributed by atoms with Crippen molar-refractivity contribution in [3.05, 3.63) is 71.9 Å². The van der Waals surface area contributed by atoms with Gasteiger partial charge in [0.25, 0.3) is 5.91 Å². The van der Waals surface area contributed by atoms with Gasteiger partial charge in [0.2, 0.25) is 12.7 Å². The molecule has 0 fully saturated rings. The number of rotatable bonds is 9. The molecule has 0 bridgehead atoms. The standard InChI is InChI=1S/C23H19F2N3O5S/c24-23(25)33-16-6-3-14(4-7-16)11-27-21(30)17-2-1-9-26-22(17)34-12-20(29)28-15-5-8-18-19(10-15)32-13-31-18/h1-10,23H,11-13H2,(H,27,30)(H,28,29). The number of aromatic nitrogens is 1. The summed E-state index contributed by atoms with van der Waals surface area (Å²) < 4.78 is 39.3. The van der Waals surface area contributed by atoms with Gasteiger partial charge in [0.1, 0.15) is 10.8 Å². The monoisotopic (exact) mass is 487 g/mol. The van der Waals surface area contributed by atoms with Crippen LogP contribution in [-0.2, 0) is 11.3 Å². The number of halogens is 2. The Hall–Kier alpha value is -3.86. The molecule has 11 heteroatoms. The molecule has 1 aliphatic rings. The second-order valence-electron chi connectivity index (χ2n) is 6.97. The minimum Gasteiger partial charge on any atom is -0.454 e. The van der Waals surface area contributed by atoms with E-state index in [0.717, 1.165) is 11.8 Å². The lowest BCUT2D eigenvalue weighted by Crippen LogP contribution is -2.24. The van der Waals surface area contributed by atoms with Crippen molar-refractivity contribution in [2.45, 2.75) is 18.2 Å². The van der Waals surface area contributed by atoms with Gasteiger partial charge >= 0.3 is 6.61 Å². The van der Waals surface area contributed by atoms with Crippen LogP contribution in [0.3, 0.4) is 0 Å². The Kier molecular flexibility index (Phi) is 7.43. The predicted octanol–water partition coefficient (Wildman–Crippen LogP) is 4.07. The van der Waals surface area contributed by atoms with Crippen molar-refractivity contribution in [1.29, 1.82) is 0 Å². The predicted molar refractivity (Wildman–Crippen MR) is 120 cm³/mol. The number of ether oxygens (including phenoxy) is 3. The molecule has 0 saturated carbocycles. The highest BCUT2D eigenvalue weighted by atomic mass is 32.2. The lowest BCUT2D eigenvalue weighted by molar-refractivity contribution is -0.113. The Morgan fingerprint density at radius 3 is 2.68 bits per heavy atom. The molecule has 0 aliphatic carbocycles. The van der Waals surface area contributed by atoms with E-state index in [4.69, 9.17) is 9.47 Å². The maximum absolute atomic E-state index is 12.7. The molecule has 3 aromatic rings. The summed E-state index contributed by atoms with van der Waals surface area (Å²) in [6.07, 6.45) is 1.54. The Morgan fingerprint density at radius 2 is 1.88 bits per heavy atom. The van der Waals surface area contributed by atoms with Gasteiger partial charge in [-0.05, 0) is 42.0 Å². The molecule has 4 rings (SSSR count). The lowest BCUT2D eigenvalue weighted by Gasteiger charge is -2.10. The molecule has 2 N–H and O–H groups in total. The number of pyridine rings is 1. The highest BCUT2D eigenvalue weighted by molar-refractivity contribution is 8.00. The van der Waals surface area contributed by atoms with Crippen LogP contribution in [0.4, 0.5) is 14.5 Å². The number of amides is 2. The molecule has 0 radical (unpaired) electrons. The number of carbonyl (C=O) groups excluding carboxylic acids is 2. The van der Waals surface area contributed by atoms with Crippen LogP contribution in [0.1, 0.15) is 15.9 Å². The van der Waals surface area contributed by atoms with E-state index >= 15 is 0 Å². The van der Waals surface area contributed by atoms with Crippen molar-refractivity contribution < 1.29 is 32.6 Å². The fraction of sp³-hybridized carbons (Fsp3) is 0.174. The van der Waals surface area contributed by atoms with Crippen LogP contribution < -0.4 is 24.8 Å². The number of thioether (sulfide) groups is 1. The normalized spacial score (nSPS) is 11.9. The molecule has 0 atom stereocenters. The van der Waals surface area contributed by atoms with Gasteiger partial charge in [-0.3, -0.25) is 9.59 Å². The van der Waals surface area contributed by atoms with Crippen molar-refractivity contribution in [3.63, 3.8) is 0 Å². The average Bonchev–Trinajstić information content (AvgIpc) is 3.30. The van der Waals surface area contributed by atoms with Crippen LogP contribution in [0, 0.1) is 0 Å². The maximum atomic E-state index is 12.7. The van der Waals surface area contributed by atoms with Crippen LogP contribution in [0.15, 0.2) is 65.8 Å². The Morgan fingerprint density at radius 1 is 1.09 bits per heavy atom. The number of hydrogen-bond donors (Lipinski definition) is 2. The largest absolute Gasteiger partial charge is 0.454 e. The zero-order valence-corrected chi connectivity index (χ0v) is 18.4. The molecule has 0 spiro atoms. The van der Waals surface area contributed by atoms with Crippen molar-refractivity contribution in [3.8, 4) is 17.2 Å². The van der Waals surface area contributed by atoms with Gasteiger partial charge in [-0.1, -0.05) is 23.9 Å². The zero-order chi connectivity index (χ0) is 23.9. The molecular formula is C23H19F2N3O5S. The van der Waals surface area contributed by atoms with Crippen molar-refractivity contribution >= 4 is 29.3 Å². The van der Waals surface area contributed by atoms with E-state index in [2.05, 4.69) is 20.4 Å². The third kappa shape index (κ3) is 6.13. The van der Waals surface area contributed by atoms with Crippen LogP contribution in [0.2, 0.25) is 0 Å². The highest BCUT2D eigenvalue weighted by Gasteiger charge is 2.16. The summed E-state index contributed by atoms with van der Waals surface area (Å²) in [5.41, 5.74) is 1.59. The van der Waals surface area contributed by atoms with Gasteiger partial charge in [0.15, 0.2) is 11.5 Å². The number of carbonyl (C=O) groups is 2. The van der Waals surface area contributed by atoms with Crippen LogP contribution in [0.25, 0.3) is 0 Å². The van der Waals surface area contributed by atoms with Gasteiger partial charge in [0.05, 0.1) is 11.3 Å². The van der Waals surface area contributed by atoms with Crippen LogP contribution in [-0.4, -0.2) is 36.0 Å². The third-order valence-electron chi connectivity index (χ3n) is 4.61. The molecule has 1 aliphatic heterocycles. The highest BCUT2D eigenvalue weighted by Crippen LogP contribution is 2.34. The first-order chi connectivity index (χ1) is 16.5. The van der Waals surface area contributed by atoms with E-state index < -0.39 is 6.61 Å². The van der Waals surface area contributed by atoms with Gasteiger partial charge in [-0.15, -0.1) is 0 Å². The Balaban J connectivity index is 1.31. The number of fused-ring (bicyclic) bond motifs is 1. The minimum absolute atomic E-state index is 0.0371. The summed E-state index contributed by atoms with van der Waals surface area (Å²) in [5.74, 6) is 0.609. The molecule has 34 heavy (non-hydrogen) atoms. The average molecular weight is 487 g/mol. The molecule has 176 valence electrons. The molecule has 2 amide bonds. The number of alkyl halides is 2. The second kappa shape index (κ2) is 10.8. The smallest absolute Gasteiger partial charge is 0.387 e.